The molecule has 1 amide bonds. The Bertz CT molecular complexity index is 782. The smallest absolute Gasteiger partial charge is 0.259 e. The average molecular weight is 366 g/mol. The second-order valence-corrected chi connectivity index (χ2v) is 6.23. The highest BCUT2D eigenvalue weighted by Crippen LogP contribution is 2.37. The van der Waals surface area contributed by atoms with Gasteiger partial charge >= 0.3 is 0 Å². The number of halogens is 3. The average Bonchev–Trinajstić information content (AvgIpc) is 2.63. The van der Waals surface area contributed by atoms with Gasteiger partial charge in [0.05, 0.1) is 12.1 Å². The van der Waals surface area contributed by atoms with Crippen molar-refractivity contribution in [1.82, 2.24) is 4.90 Å². The molecule has 112 valence electrons. The molecule has 1 aliphatic rings. The van der Waals surface area contributed by atoms with E-state index in [9.17, 15) is 18.7 Å². The summed E-state index contributed by atoms with van der Waals surface area (Å²) in [7, 11) is 1.40. The van der Waals surface area contributed by atoms with Crippen LogP contribution in [0.2, 0.25) is 0 Å². The molecule has 0 spiro atoms. The van der Waals surface area contributed by atoms with E-state index in [1.54, 1.807) is 6.07 Å². The fourth-order valence-electron chi connectivity index (χ4n) is 2.66. The molecular formula is C15H11BBrF2NO2. The number of hydrogen-bond donors (Lipinski definition) is 1. The van der Waals surface area contributed by atoms with Crippen molar-refractivity contribution < 1.29 is 18.7 Å². The number of hydrogen-bond acceptors (Lipinski definition) is 2. The molecule has 0 bridgehead atoms. The number of amides is 1. The van der Waals surface area contributed by atoms with Crippen molar-refractivity contribution in [3.05, 3.63) is 69.2 Å². The summed E-state index contributed by atoms with van der Waals surface area (Å²) in [6, 6.07) is 8.52. The molecule has 1 atom stereocenters. The van der Waals surface area contributed by atoms with E-state index in [2.05, 4.69) is 15.9 Å². The number of nitrogens with zero attached hydrogens (tertiary/aromatic N) is 1. The van der Waals surface area contributed by atoms with Gasteiger partial charge in [0, 0.05) is 15.6 Å². The zero-order valence-electron chi connectivity index (χ0n) is 11.6. The quantitative estimate of drug-likeness (QED) is 0.828. The predicted molar refractivity (Wildman–Crippen MR) is 82.8 cm³/mol. The highest BCUT2D eigenvalue weighted by Gasteiger charge is 2.46. The van der Waals surface area contributed by atoms with E-state index >= 15 is 0 Å². The third-order valence-corrected chi connectivity index (χ3v) is 4.35. The molecule has 0 saturated carbocycles. The van der Waals surface area contributed by atoms with Gasteiger partial charge in [0.2, 0.25) is 0 Å². The first-order chi connectivity index (χ1) is 10.3. The van der Waals surface area contributed by atoms with Crippen LogP contribution in [0.4, 0.5) is 8.78 Å². The number of rotatable bonds is 2. The maximum atomic E-state index is 14.0. The van der Waals surface area contributed by atoms with Gasteiger partial charge in [-0.2, -0.15) is 0 Å². The summed E-state index contributed by atoms with van der Waals surface area (Å²) in [4.78, 5) is 13.5. The largest absolute Gasteiger partial charge is 0.375 e. The lowest BCUT2D eigenvalue weighted by molar-refractivity contribution is -0.0204. The molecule has 1 heterocycles. The number of carbonyl (C=O) groups is 1. The SMILES string of the molecule is BC1(O)c2cccc(F)c2C(=O)N1Cc1ccc(Br)cc1F. The highest BCUT2D eigenvalue weighted by atomic mass is 79.9. The van der Waals surface area contributed by atoms with E-state index in [1.807, 2.05) is 0 Å². The van der Waals surface area contributed by atoms with Gasteiger partial charge in [0.25, 0.3) is 5.91 Å². The third-order valence-electron chi connectivity index (χ3n) is 3.85. The molecule has 0 aromatic heterocycles. The van der Waals surface area contributed by atoms with Crippen LogP contribution in [0.1, 0.15) is 21.5 Å². The monoisotopic (exact) mass is 365 g/mol. The van der Waals surface area contributed by atoms with E-state index in [1.165, 1.54) is 32.1 Å². The number of benzene rings is 2. The maximum absolute atomic E-state index is 14.0. The molecule has 0 aliphatic carbocycles. The molecule has 2 aromatic rings. The van der Waals surface area contributed by atoms with E-state index in [0.29, 0.717) is 4.47 Å². The molecule has 22 heavy (non-hydrogen) atoms. The van der Waals surface area contributed by atoms with Gasteiger partial charge in [-0.15, -0.1) is 0 Å². The van der Waals surface area contributed by atoms with Crippen LogP contribution in [0.15, 0.2) is 40.9 Å². The molecule has 2 aromatic carbocycles. The molecule has 0 saturated heterocycles. The molecule has 0 radical (unpaired) electrons. The number of fused-ring (bicyclic) bond motifs is 1. The lowest BCUT2D eigenvalue weighted by Gasteiger charge is -2.31. The first-order valence-corrected chi connectivity index (χ1v) is 7.39. The Morgan fingerprint density at radius 3 is 2.59 bits per heavy atom. The van der Waals surface area contributed by atoms with Crippen molar-refractivity contribution >= 4 is 29.7 Å². The van der Waals surface area contributed by atoms with Gasteiger partial charge in [0.15, 0.2) is 7.85 Å². The maximum Gasteiger partial charge on any atom is 0.259 e. The van der Waals surface area contributed by atoms with E-state index in [0.717, 1.165) is 11.0 Å². The fourth-order valence-corrected chi connectivity index (χ4v) is 2.99. The zero-order valence-corrected chi connectivity index (χ0v) is 13.2. The van der Waals surface area contributed by atoms with Gasteiger partial charge < -0.3 is 10.0 Å². The second kappa shape index (κ2) is 5.17. The van der Waals surface area contributed by atoms with Crippen molar-refractivity contribution in [2.45, 2.75) is 12.2 Å². The Morgan fingerprint density at radius 1 is 1.23 bits per heavy atom. The van der Waals surface area contributed by atoms with Crippen molar-refractivity contribution in [3.63, 3.8) is 0 Å². The summed E-state index contributed by atoms with van der Waals surface area (Å²) in [5.74, 6) is -1.85. The van der Waals surface area contributed by atoms with Crippen LogP contribution in [0.25, 0.3) is 0 Å². The topological polar surface area (TPSA) is 40.5 Å². The predicted octanol–water partition coefficient (Wildman–Crippen LogP) is 2.12. The Balaban J connectivity index is 2.03. The molecule has 1 unspecified atom stereocenters. The van der Waals surface area contributed by atoms with Gasteiger partial charge in [0.1, 0.15) is 17.3 Å². The van der Waals surface area contributed by atoms with Crippen LogP contribution in [-0.2, 0) is 12.2 Å². The molecule has 3 nitrogen and oxygen atoms in total. The first-order valence-electron chi connectivity index (χ1n) is 6.59. The molecule has 3 rings (SSSR count). The van der Waals surface area contributed by atoms with Crippen molar-refractivity contribution in [2.24, 2.45) is 0 Å². The summed E-state index contributed by atoms with van der Waals surface area (Å²) >= 11 is 3.16. The Labute approximate surface area is 135 Å². The Kier molecular flexibility index (Phi) is 3.57. The van der Waals surface area contributed by atoms with Gasteiger partial charge in [-0.1, -0.05) is 34.1 Å². The molecular weight excluding hydrogens is 355 g/mol. The minimum Gasteiger partial charge on any atom is -0.375 e. The summed E-state index contributed by atoms with van der Waals surface area (Å²) in [6.45, 7) is -0.154. The summed E-state index contributed by atoms with van der Waals surface area (Å²) < 4.78 is 28.4. The fraction of sp³-hybridized carbons (Fsp3) is 0.133. The van der Waals surface area contributed by atoms with Gasteiger partial charge in [-0.3, -0.25) is 4.79 Å². The van der Waals surface area contributed by atoms with Gasteiger partial charge in [-0.05, 0) is 18.2 Å². The Morgan fingerprint density at radius 2 is 1.95 bits per heavy atom. The lowest BCUT2D eigenvalue weighted by atomic mass is 9.83. The van der Waals surface area contributed by atoms with Gasteiger partial charge in [-0.25, -0.2) is 8.78 Å². The standard InChI is InChI=1S/C15H11BBrF2NO2/c16-15(22)10-2-1-3-11(18)13(10)14(21)20(15)7-8-4-5-9(17)6-12(8)19/h1-6,22H,7,16H2. The first kappa shape index (κ1) is 15.2. The third kappa shape index (κ3) is 2.25. The summed E-state index contributed by atoms with van der Waals surface area (Å²) in [6.07, 6.45) is 0. The van der Waals surface area contributed by atoms with Crippen LogP contribution < -0.4 is 0 Å². The molecule has 7 heteroatoms. The Hall–Kier alpha value is -1.73. The number of carbonyl (C=O) groups excluding carboxylic acids is 1. The lowest BCUT2D eigenvalue weighted by Crippen LogP contribution is -2.43. The van der Waals surface area contributed by atoms with Crippen LogP contribution in [0.3, 0.4) is 0 Å². The summed E-state index contributed by atoms with van der Waals surface area (Å²) in [5, 5.41) is 10.6. The van der Waals surface area contributed by atoms with Crippen LogP contribution in [-0.4, -0.2) is 23.8 Å². The van der Waals surface area contributed by atoms with E-state index in [4.69, 9.17) is 0 Å². The minimum atomic E-state index is -1.69. The molecule has 1 N–H and O–H groups in total. The number of aliphatic hydroxyl groups is 1. The van der Waals surface area contributed by atoms with Crippen LogP contribution >= 0.6 is 15.9 Å². The zero-order chi connectivity index (χ0) is 16.1. The highest BCUT2D eigenvalue weighted by molar-refractivity contribution is 9.10. The van der Waals surface area contributed by atoms with Crippen LogP contribution in [0.5, 0.6) is 0 Å². The summed E-state index contributed by atoms with van der Waals surface area (Å²) in [5.41, 5.74) is -1.42. The molecule has 1 aliphatic heterocycles. The van der Waals surface area contributed by atoms with Crippen LogP contribution in [0, 0.1) is 11.6 Å². The van der Waals surface area contributed by atoms with Crippen molar-refractivity contribution in [1.29, 1.82) is 0 Å². The van der Waals surface area contributed by atoms with E-state index < -0.39 is 23.2 Å². The molecule has 0 fully saturated rings. The van der Waals surface area contributed by atoms with E-state index in [-0.39, 0.29) is 23.2 Å². The van der Waals surface area contributed by atoms with Crippen molar-refractivity contribution in [3.8, 4) is 0 Å². The minimum absolute atomic E-state index is 0.154. The second-order valence-electron chi connectivity index (χ2n) is 5.31. The van der Waals surface area contributed by atoms with Crippen molar-refractivity contribution in [2.75, 3.05) is 0 Å². The normalized spacial score (nSPS) is 20.4.